The Hall–Kier alpha value is -0.680. The van der Waals surface area contributed by atoms with Crippen molar-refractivity contribution in [1.29, 1.82) is 0 Å². The molecule has 0 aromatic rings. The van der Waals surface area contributed by atoms with Crippen LogP contribution in [0.2, 0.25) is 0 Å². The van der Waals surface area contributed by atoms with Crippen molar-refractivity contribution in [1.82, 2.24) is 4.31 Å². The van der Waals surface area contributed by atoms with E-state index in [1.54, 1.807) is 6.92 Å². The molecule has 1 saturated heterocycles. The van der Waals surface area contributed by atoms with Crippen LogP contribution in [0.15, 0.2) is 12.2 Å². The molecule has 0 N–H and O–H groups in total. The third-order valence-electron chi connectivity index (χ3n) is 4.18. The summed E-state index contributed by atoms with van der Waals surface area (Å²) in [6.45, 7) is 6.68. The fourth-order valence-electron chi connectivity index (χ4n) is 3.16. The lowest BCUT2D eigenvalue weighted by molar-refractivity contribution is -0.120. The molecule has 0 radical (unpaired) electrons. The summed E-state index contributed by atoms with van der Waals surface area (Å²) in [5.41, 5.74) is 0.00216. The minimum atomic E-state index is -3.38. The van der Waals surface area contributed by atoms with Gasteiger partial charge < -0.3 is 0 Å². The molecule has 4 nitrogen and oxygen atoms in total. The Labute approximate surface area is 115 Å². The fraction of sp³-hybridized carbons (Fsp3) is 0.786. The maximum atomic E-state index is 12.8. The zero-order chi connectivity index (χ0) is 14.3. The third kappa shape index (κ3) is 2.77. The van der Waals surface area contributed by atoms with Crippen molar-refractivity contribution in [2.24, 2.45) is 5.41 Å². The van der Waals surface area contributed by atoms with Gasteiger partial charge in [0.1, 0.15) is 10.5 Å². The number of hydrogen-bond acceptors (Lipinski definition) is 3. The van der Waals surface area contributed by atoms with Crippen LogP contribution in [-0.2, 0) is 14.8 Å². The SMILES string of the molecule is CC1(C)CC=CC(C)(S(=O)(=O)N2CCC(=O)CC2)C1. The minimum Gasteiger partial charge on any atom is -0.300 e. The van der Waals surface area contributed by atoms with Gasteiger partial charge in [-0.05, 0) is 25.2 Å². The molecule has 0 aromatic heterocycles. The maximum Gasteiger partial charge on any atom is 0.223 e. The highest BCUT2D eigenvalue weighted by Gasteiger charge is 2.46. The molecule has 0 saturated carbocycles. The molecule has 19 heavy (non-hydrogen) atoms. The van der Waals surface area contributed by atoms with E-state index in [2.05, 4.69) is 13.8 Å². The van der Waals surface area contributed by atoms with E-state index in [1.807, 2.05) is 12.2 Å². The first-order chi connectivity index (χ1) is 8.66. The number of piperidine rings is 1. The predicted molar refractivity (Wildman–Crippen MR) is 75.3 cm³/mol. The lowest BCUT2D eigenvalue weighted by Crippen LogP contribution is -2.51. The standard InChI is InChI=1S/C14H23NO3S/c1-13(2)7-4-8-14(3,11-13)19(17,18)15-9-5-12(16)6-10-15/h4,8H,5-7,9-11H2,1-3H3. The van der Waals surface area contributed by atoms with Crippen LogP contribution in [0.5, 0.6) is 0 Å². The molecule has 1 aliphatic heterocycles. The molecule has 108 valence electrons. The second kappa shape index (κ2) is 4.70. The number of carbonyl (C=O) groups is 1. The number of Topliss-reactive ketones (excluding diaryl/α,β-unsaturated/α-hetero) is 1. The molecule has 0 spiro atoms. The highest BCUT2D eigenvalue weighted by Crippen LogP contribution is 2.42. The van der Waals surface area contributed by atoms with Crippen molar-refractivity contribution in [2.45, 2.75) is 51.2 Å². The molecule has 1 fully saturated rings. The summed E-state index contributed by atoms with van der Waals surface area (Å²) in [5, 5.41) is 0. The van der Waals surface area contributed by atoms with Gasteiger partial charge in [-0.15, -0.1) is 0 Å². The smallest absolute Gasteiger partial charge is 0.223 e. The number of ketones is 1. The molecular formula is C14H23NO3S. The zero-order valence-corrected chi connectivity index (χ0v) is 12.8. The second-order valence-corrected chi connectivity index (χ2v) is 9.10. The Morgan fingerprint density at radius 2 is 1.74 bits per heavy atom. The highest BCUT2D eigenvalue weighted by atomic mass is 32.2. The topological polar surface area (TPSA) is 54.5 Å². The van der Waals surface area contributed by atoms with E-state index in [0.29, 0.717) is 32.4 Å². The fourth-order valence-corrected chi connectivity index (χ4v) is 5.25. The van der Waals surface area contributed by atoms with E-state index in [1.165, 1.54) is 4.31 Å². The number of nitrogens with zero attached hydrogens (tertiary/aromatic N) is 1. The van der Waals surface area contributed by atoms with Crippen LogP contribution in [0.1, 0.15) is 46.5 Å². The Balaban J connectivity index is 2.26. The van der Waals surface area contributed by atoms with Crippen LogP contribution in [-0.4, -0.2) is 36.3 Å². The van der Waals surface area contributed by atoms with Crippen molar-refractivity contribution < 1.29 is 13.2 Å². The summed E-state index contributed by atoms with van der Waals surface area (Å²) in [7, 11) is -3.38. The maximum absolute atomic E-state index is 12.8. The van der Waals surface area contributed by atoms with Gasteiger partial charge in [0.05, 0.1) is 0 Å². The zero-order valence-electron chi connectivity index (χ0n) is 12.0. The summed E-state index contributed by atoms with van der Waals surface area (Å²) < 4.78 is 26.3. The Bertz CT molecular complexity index is 497. The highest BCUT2D eigenvalue weighted by molar-refractivity contribution is 7.90. The summed E-state index contributed by atoms with van der Waals surface area (Å²) in [4.78, 5) is 11.3. The summed E-state index contributed by atoms with van der Waals surface area (Å²) in [5.74, 6) is 0.163. The van der Waals surface area contributed by atoms with Crippen LogP contribution >= 0.6 is 0 Å². The van der Waals surface area contributed by atoms with E-state index in [4.69, 9.17) is 0 Å². The van der Waals surface area contributed by atoms with Crippen LogP contribution in [0.3, 0.4) is 0 Å². The number of allylic oxidation sites excluding steroid dienone is 1. The largest absolute Gasteiger partial charge is 0.300 e. The van der Waals surface area contributed by atoms with E-state index in [-0.39, 0.29) is 11.2 Å². The average molecular weight is 285 g/mol. The molecule has 0 aromatic carbocycles. The molecular weight excluding hydrogens is 262 g/mol. The summed E-state index contributed by atoms with van der Waals surface area (Å²) >= 11 is 0. The first kappa shape index (κ1) is 14.7. The van der Waals surface area contributed by atoms with Gasteiger partial charge >= 0.3 is 0 Å². The van der Waals surface area contributed by atoms with Crippen molar-refractivity contribution >= 4 is 15.8 Å². The Morgan fingerprint density at radius 1 is 1.16 bits per heavy atom. The molecule has 0 amide bonds. The molecule has 2 aliphatic rings. The van der Waals surface area contributed by atoms with Gasteiger partial charge in [-0.2, -0.15) is 0 Å². The molecule has 1 atom stereocenters. The van der Waals surface area contributed by atoms with Gasteiger partial charge in [0.2, 0.25) is 10.0 Å². The lowest BCUT2D eigenvalue weighted by Gasteiger charge is -2.41. The number of rotatable bonds is 2. The van der Waals surface area contributed by atoms with Gasteiger partial charge in [0.15, 0.2) is 0 Å². The quantitative estimate of drug-likeness (QED) is 0.730. The number of carbonyl (C=O) groups excluding carboxylic acids is 1. The monoisotopic (exact) mass is 285 g/mol. The number of sulfonamides is 1. The van der Waals surface area contributed by atoms with Gasteiger partial charge in [0.25, 0.3) is 0 Å². The van der Waals surface area contributed by atoms with Gasteiger partial charge in [-0.1, -0.05) is 26.0 Å². The van der Waals surface area contributed by atoms with Crippen molar-refractivity contribution in [2.75, 3.05) is 13.1 Å². The second-order valence-electron chi connectivity index (χ2n) is 6.70. The van der Waals surface area contributed by atoms with Crippen LogP contribution < -0.4 is 0 Å². The first-order valence-corrected chi connectivity index (χ1v) is 8.29. The Kier molecular flexibility index (Phi) is 3.64. The van der Waals surface area contributed by atoms with E-state index in [0.717, 1.165) is 6.42 Å². The molecule has 1 heterocycles. The van der Waals surface area contributed by atoms with Crippen LogP contribution in [0, 0.1) is 5.41 Å². The lowest BCUT2D eigenvalue weighted by atomic mass is 9.76. The first-order valence-electron chi connectivity index (χ1n) is 6.85. The third-order valence-corrected chi connectivity index (χ3v) is 6.68. The predicted octanol–water partition coefficient (Wildman–Crippen LogP) is 2.12. The molecule has 5 heteroatoms. The van der Waals surface area contributed by atoms with Crippen LogP contribution in [0.4, 0.5) is 0 Å². The van der Waals surface area contributed by atoms with Gasteiger partial charge in [-0.25, -0.2) is 12.7 Å². The van der Waals surface area contributed by atoms with E-state index in [9.17, 15) is 13.2 Å². The normalized spacial score (nSPS) is 32.5. The number of hydrogen-bond donors (Lipinski definition) is 0. The summed E-state index contributed by atoms with van der Waals surface area (Å²) in [6, 6.07) is 0. The molecule has 1 aliphatic carbocycles. The van der Waals surface area contributed by atoms with Crippen molar-refractivity contribution in [3.05, 3.63) is 12.2 Å². The molecule has 1 unspecified atom stereocenters. The van der Waals surface area contributed by atoms with Gasteiger partial charge in [-0.3, -0.25) is 4.79 Å². The van der Waals surface area contributed by atoms with E-state index >= 15 is 0 Å². The molecule has 0 bridgehead atoms. The van der Waals surface area contributed by atoms with Crippen molar-refractivity contribution in [3.63, 3.8) is 0 Å². The Morgan fingerprint density at radius 3 is 2.26 bits per heavy atom. The van der Waals surface area contributed by atoms with E-state index < -0.39 is 14.8 Å². The van der Waals surface area contributed by atoms with Gasteiger partial charge in [0, 0.05) is 25.9 Å². The van der Waals surface area contributed by atoms with Crippen LogP contribution in [0.25, 0.3) is 0 Å². The summed E-state index contributed by atoms with van der Waals surface area (Å²) in [6.07, 6.45) is 6.06. The average Bonchev–Trinajstić information content (AvgIpc) is 2.27. The minimum absolute atomic E-state index is 0.00216. The van der Waals surface area contributed by atoms with Crippen molar-refractivity contribution in [3.8, 4) is 0 Å². The molecule has 2 rings (SSSR count).